The van der Waals surface area contributed by atoms with Crippen LogP contribution in [0.25, 0.3) is 0 Å². The van der Waals surface area contributed by atoms with Crippen LogP contribution < -0.4 is 0 Å². The molecule has 0 aromatic rings. The van der Waals surface area contributed by atoms with Crippen LogP contribution in [0.3, 0.4) is 0 Å². The summed E-state index contributed by atoms with van der Waals surface area (Å²) in [4.78, 5) is 19.5. The Morgan fingerprint density at radius 1 is 1.25 bits per heavy atom. The molecule has 4 heteroatoms. The van der Waals surface area contributed by atoms with Gasteiger partial charge in [-0.1, -0.05) is 0 Å². The Kier molecular flexibility index (Phi) is 16.5. The fourth-order valence-corrected chi connectivity index (χ4v) is 0.213. The molecule has 0 heterocycles. The Morgan fingerprint density at radius 2 is 1.50 bits per heavy atom. The summed E-state index contributed by atoms with van der Waals surface area (Å²) < 4.78 is 0. The molecule has 0 atom stereocenters. The van der Waals surface area contributed by atoms with Crippen molar-refractivity contribution in [3.05, 3.63) is 5.92 Å². The Morgan fingerprint density at radius 3 is 1.50 bits per heavy atom. The van der Waals surface area contributed by atoms with Crippen molar-refractivity contribution in [2.24, 2.45) is 0 Å². The van der Waals surface area contributed by atoms with Crippen molar-refractivity contribution in [1.29, 1.82) is 0 Å². The van der Waals surface area contributed by atoms with Crippen LogP contribution >= 0.6 is 0 Å². The van der Waals surface area contributed by atoms with Gasteiger partial charge in [-0.3, -0.25) is 9.59 Å². The van der Waals surface area contributed by atoms with Crippen LogP contribution in [-0.2, 0) is 35.8 Å². The van der Waals surface area contributed by atoms with Crippen molar-refractivity contribution in [2.75, 3.05) is 0 Å². The Labute approximate surface area is 92.7 Å². The van der Waals surface area contributed by atoms with E-state index in [0.717, 1.165) is 0 Å². The number of aliphatic carboxylic acids is 1. The second-order valence-electron chi connectivity index (χ2n) is 2.77. The molecular formula is C8H15O3Zr-. The fourth-order valence-electron chi connectivity index (χ4n) is 0.213. The number of carbonyl (C=O) groups is 2. The molecule has 12 heavy (non-hydrogen) atoms. The van der Waals surface area contributed by atoms with E-state index in [0.29, 0.717) is 0 Å². The van der Waals surface area contributed by atoms with Gasteiger partial charge in [-0.15, -0.1) is 0 Å². The predicted molar refractivity (Wildman–Crippen MR) is 43.2 cm³/mol. The quantitative estimate of drug-likeness (QED) is 0.599. The van der Waals surface area contributed by atoms with Gasteiger partial charge in [0, 0.05) is 26.2 Å². The molecule has 0 unspecified atom stereocenters. The molecule has 0 saturated carbocycles. The molecule has 0 aliphatic heterocycles. The fraction of sp³-hybridized carbons (Fsp3) is 0.625. The molecule has 0 aliphatic rings. The molecule has 0 saturated heterocycles. The van der Waals surface area contributed by atoms with E-state index < -0.39 is 5.97 Å². The summed E-state index contributed by atoms with van der Waals surface area (Å²) in [5.41, 5.74) is 0. The SMILES string of the molecule is CC(=O)CC(=O)O.C[C-](C)C.[Zr]. The molecule has 70 valence electrons. The van der Waals surface area contributed by atoms with Gasteiger partial charge in [0.1, 0.15) is 12.2 Å². The van der Waals surface area contributed by atoms with E-state index in [2.05, 4.69) is 20.8 Å². The number of Topliss-reactive ketones (excluding diaryl/α,β-unsaturated/α-hetero) is 1. The van der Waals surface area contributed by atoms with E-state index in [4.69, 9.17) is 5.11 Å². The summed E-state index contributed by atoms with van der Waals surface area (Å²) in [7, 11) is 0. The second-order valence-corrected chi connectivity index (χ2v) is 2.77. The normalized spacial score (nSPS) is 7.75. The smallest absolute Gasteiger partial charge is 0.310 e. The summed E-state index contributed by atoms with van der Waals surface area (Å²) in [6.07, 6.45) is -0.361. The number of rotatable bonds is 2. The van der Waals surface area contributed by atoms with Crippen LogP contribution in [0.1, 0.15) is 34.1 Å². The number of carboxylic acid groups (broad SMARTS) is 1. The van der Waals surface area contributed by atoms with Crippen LogP contribution in [-0.4, -0.2) is 16.9 Å². The Balaban J connectivity index is -0.000000142. The maximum absolute atomic E-state index is 9.87. The minimum absolute atomic E-state index is 0. The minimum atomic E-state index is -1.06. The van der Waals surface area contributed by atoms with Crippen molar-refractivity contribution in [3.8, 4) is 0 Å². The Hall–Kier alpha value is 0.0231. The van der Waals surface area contributed by atoms with Gasteiger partial charge in [0.25, 0.3) is 0 Å². The monoisotopic (exact) mass is 249 g/mol. The molecule has 0 aromatic heterocycles. The Bertz CT molecular complexity index is 118. The third kappa shape index (κ3) is 50.4. The zero-order valence-corrected chi connectivity index (χ0v) is 10.4. The molecule has 3 nitrogen and oxygen atoms in total. The van der Waals surface area contributed by atoms with Gasteiger partial charge in [0.2, 0.25) is 0 Å². The van der Waals surface area contributed by atoms with Crippen molar-refractivity contribution in [1.82, 2.24) is 0 Å². The topological polar surface area (TPSA) is 54.4 Å². The van der Waals surface area contributed by atoms with Gasteiger partial charge in [-0.05, 0) is 6.92 Å². The molecule has 0 radical (unpaired) electrons. The van der Waals surface area contributed by atoms with Gasteiger partial charge < -0.3 is 11.0 Å². The van der Waals surface area contributed by atoms with Crippen LogP contribution in [0.5, 0.6) is 0 Å². The van der Waals surface area contributed by atoms with Crippen LogP contribution in [0.2, 0.25) is 0 Å². The van der Waals surface area contributed by atoms with E-state index in [-0.39, 0.29) is 38.4 Å². The van der Waals surface area contributed by atoms with E-state index in [1.54, 1.807) is 0 Å². The summed E-state index contributed by atoms with van der Waals surface area (Å²) in [6.45, 7) is 7.49. The van der Waals surface area contributed by atoms with Gasteiger partial charge in [0.05, 0.1) is 0 Å². The third-order valence-corrected chi connectivity index (χ3v) is 0.400. The average molecular weight is 250 g/mol. The van der Waals surface area contributed by atoms with Gasteiger partial charge >= 0.3 is 5.97 Å². The maximum Gasteiger partial charge on any atom is 0.310 e. The molecule has 0 rings (SSSR count). The molecule has 0 bridgehead atoms. The molecule has 0 aromatic carbocycles. The van der Waals surface area contributed by atoms with E-state index >= 15 is 0 Å². The first-order valence-electron chi connectivity index (χ1n) is 3.34. The third-order valence-electron chi connectivity index (χ3n) is 0.400. The summed E-state index contributed by atoms with van der Waals surface area (Å²) in [5, 5.41) is 7.86. The first kappa shape index (κ1) is 17.9. The zero-order valence-electron chi connectivity index (χ0n) is 7.97. The van der Waals surface area contributed by atoms with Crippen molar-refractivity contribution >= 4 is 11.8 Å². The molecule has 1 N–H and O–H groups in total. The number of carboxylic acids is 1. The van der Waals surface area contributed by atoms with Gasteiger partial charge in [-0.2, -0.15) is 20.8 Å². The first-order chi connectivity index (χ1) is 4.86. The van der Waals surface area contributed by atoms with E-state index in [1.807, 2.05) is 0 Å². The van der Waals surface area contributed by atoms with Gasteiger partial charge in [0.15, 0.2) is 0 Å². The molecule has 0 amide bonds. The van der Waals surface area contributed by atoms with E-state index in [1.165, 1.54) is 12.8 Å². The van der Waals surface area contributed by atoms with Crippen LogP contribution in [0, 0.1) is 5.92 Å². The van der Waals surface area contributed by atoms with Crippen LogP contribution in [0.15, 0.2) is 0 Å². The molecule has 0 aliphatic carbocycles. The second kappa shape index (κ2) is 11.0. The summed E-state index contributed by atoms with van der Waals surface area (Å²) in [5.74, 6) is 0.0417. The summed E-state index contributed by atoms with van der Waals surface area (Å²) >= 11 is 0. The van der Waals surface area contributed by atoms with Crippen molar-refractivity contribution in [3.63, 3.8) is 0 Å². The largest absolute Gasteiger partial charge is 0.481 e. The predicted octanol–water partition coefficient (Wildman–Crippen LogP) is 1.67. The van der Waals surface area contributed by atoms with Crippen molar-refractivity contribution in [2.45, 2.75) is 34.1 Å². The summed E-state index contributed by atoms with van der Waals surface area (Å²) in [6, 6.07) is 0. The number of ketones is 1. The standard InChI is InChI=1S/C4H6O3.C4H9.Zr/c1-3(5)2-4(6)7;1-4(2)3;/h2H2,1H3,(H,6,7);1-3H3;/q;-1;. The molecular weight excluding hydrogens is 235 g/mol. The molecule has 0 fully saturated rings. The van der Waals surface area contributed by atoms with Crippen LogP contribution in [0.4, 0.5) is 0 Å². The minimum Gasteiger partial charge on any atom is -0.481 e. The zero-order chi connectivity index (χ0) is 9.44. The first-order valence-corrected chi connectivity index (χ1v) is 3.34. The van der Waals surface area contributed by atoms with E-state index in [9.17, 15) is 9.59 Å². The van der Waals surface area contributed by atoms with Gasteiger partial charge in [-0.25, -0.2) is 0 Å². The average Bonchev–Trinajstić information content (AvgIpc) is 1.56. The number of hydrogen-bond acceptors (Lipinski definition) is 2. The maximum atomic E-state index is 9.87. The number of carbonyl (C=O) groups excluding carboxylic acids is 1. The van der Waals surface area contributed by atoms with Crippen molar-refractivity contribution < 1.29 is 40.9 Å². The number of hydrogen-bond donors (Lipinski definition) is 1. The molecule has 0 spiro atoms.